The lowest BCUT2D eigenvalue weighted by atomic mass is 9.92. The fourth-order valence-corrected chi connectivity index (χ4v) is 3.75. The minimum Gasteiger partial charge on any atom is -0.423 e. The molecule has 4 aromatic rings. The summed E-state index contributed by atoms with van der Waals surface area (Å²) in [5.74, 6) is 2.30. The number of nitrogens with zero attached hydrogens (tertiary/aromatic N) is 4. The van der Waals surface area contributed by atoms with Gasteiger partial charge < -0.3 is 4.42 Å². The molecule has 3 heterocycles. The molecular weight excluding hydrogens is 348 g/mol. The zero-order valence-electron chi connectivity index (χ0n) is 17.3. The highest BCUT2D eigenvalue weighted by Gasteiger charge is 2.21. The summed E-state index contributed by atoms with van der Waals surface area (Å²) in [7, 11) is 0. The van der Waals surface area contributed by atoms with Crippen molar-refractivity contribution in [1.82, 2.24) is 19.5 Å². The van der Waals surface area contributed by atoms with E-state index in [2.05, 4.69) is 67.4 Å². The molecule has 0 fully saturated rings. The van der Waals surface area contributed by atoms with Crippen LogP contribution in [-0.4, -0.2) is 19.5 Å². The molecule has 0 amide bonds. The van der Waals surface area contributed by atoms with Gasteiger partial charge in [0, 0.05) is 30.6 Å². The zero-order chi connectivity index (χ0) is 20.0. The van der Waals surface area contributed by atoms with Gasteiger partial charge in [0.05, 0.1) is 5.69 Å². The molecule has 4 rings (SSSR count). The molecule has 1 aromatic carbocycles. The predicted molar refractivity (Wildman–Crippen MR) is 112 cm³/mol. The molecule has 0 saturated heterocycles. The Kier molecular flexibility index (Phi) is 4.53. The zero-order valence-corrected chi connectivity index (χ0v) is 17.3. The molecule has 0 aliphatic carbocycles. The standard InChI is InChI=1S/C23H26N4O/c1-13(2)18-8-7-9-19(14(3)4)21(18)27-15(5)11-24-22(27)17-10-20-23(25-12-17)28-16(6)26-20/h7-14H,1-6H3. The van der Waals surface area contributed by atoms with Crippen LogP contribution in [0.3, 0.4) is 0 Å². The first-order valence-corrected chi connectivity index (χ1v) is 9.78. The summed E-state index contributed by atoms with van der Waals surface area (Å²) < 4.78 is 7.79. The lowest BCUT2D eigenvalue weighted by Crippen LogP contribution is -2.09. The molecule has 0 aliphatic heterocycles. The summed E-state index contributed by atoms with van der Waals surface area (Å²) in [5, 5.41) is 0. The van der Waals surface area contributed by atoms with Crippen LogP contribution in [0.1, 0.15) is 62.2 Å². The van der Waals surface area contributed by atoms with Gasteiger partial charge in [-0.1, -0.05) is 45.9 Å². The summed E-state index contributed by atoms with van der Waals surface area (Å²) in [4.78, 5) is 13.6. The third-order valence-electron chi connectivity index (χ3n) is 5.12. The van der Waals surface area contributed by atoms with Crippen LogP contribution in [0.2, 0.25) is 0 Å². The van der Waals surface area contributed by atoms with Crippen LogP contribution in [0, 0.1) is 13.8 Å². The van der Waals surface area contributed by atoms with Crippen molar-refractivity contribution in [2.24, 2.45) is 0 Å². The van der Waals surface area contributed by atoms with E-state index in [4.69, 9.17) is 9.40 Å². The van der Waals surface area contributed by atoms with E-state index in [9.17, 15) is 0 Å². The Labute approximate surface area is 165 Å². The maximum atomic E-state index is 5.53. The normalized spacial score (nSPS) is 11.9. The number of aryl methyl sites for hydroxylation is 2. The Morgan fingerprint density at radius 1 is 0.929 bits per heavy atom. The Bertz CT molecular complexity index is 1120. The van der Waals surface area contributed by atoms with Crippen LogP contribution >= 0.6 is 0 Å². The number of para-hydroxylation sites is 1. The fourth-order valence-electron chi connectivity index (χ4n) is 3.75. The van der Waals surface area contributed by atoms with Gasteiger partial charge in [0.2, 0.25) is 5.71 Å². The molecule has 0 unspecified atom stereocenters. The largest absolute Gasteiger partial charge is 0.423 e. The number of oxazole rings is 1. The quantitative estimate of drug-likeness (QED) is 0.443. The number of hydrogen-bond acceptors (Lipinski definition) is 4. The topological polar surface area (TPSA) is 56.7 Å². The van der Waals surface area contributed by atoms with Crippen LogP contribution in [0.5, 0.6) is 0 Å². The van der Waals surface area contributed by atoms with Gasteiger partial charge in [-0.2, -0.15) is 0 Å². The second kappa shape index (κ2) is 6.89. The SMILES string of the molecule is Cc1nc2cc(-c3ncc(C)n3-c3c(C(C)C)cccc3C(C)C)cnc2o1. The summed E-state index contributed by atoms with van der Waals surface area (Å²) in [5.41, 5.74) is 7.21. The number of benzene rings is 1. The van der Waals surface area contributed by atoms with Crippen LogP contribution in [-0.2, 0) is 0 Å². The fraction of sp³-hybridized carbons (Fsp3) is 0.348. The molecule has 0 aliphatic rings. The average molecular weight is 374 g/mol. The van der Waals surface area contributed by atoms with Gasteiger partial charge in [-0.15, -0.1) is 0 Å². The van der Waals surface area contributed by atoms with E-state index >= 15 is 0 Å². The highest BCUT2D eigenvalue weighted by Crippen LogP contribution is 2.35. The minimum atomic E-state index is 0.405. The Balaban J connectivity index is 1.99. The lowest BCUT2D eigenvalue weighted by Gasteiger charge is -2.23. The molecule has 0 radical (unpaired) electrons. The van der Waals surface area contributed by atoms with E-state index < -0.39 is 0 Å². The van der Waals surface area contributed by atoms with E-state index in [1.54, 1.807) is 0 Å². The second-order valence-corrected chi connectivity index (χ2v) is 7.93. The first kappa shape index (κ1) is 18.4. The van der Waals surface area contributed by atoms with Crippen LogP contribution in [0.4, 0.5) is 0 Å². The van der Waals surface area contributed by atoms with E-state index in [-0.39, 0.29) is 0 Å². The van der Waals surface area contributed by atoms with Crippen LogP contribution < -0.4 is 0 Å². The highest BCUT2D eigenvalue weighted by atomic mass is 16.4. The third kappa shape index (κ3) is 3.01. The molecule has 3 aromatic heterocycles. The molecule has 5 heteroatoms. The van der Waals surface area contributed by atoms with Gasteiger partial charge in [0.15, 0.2) is 5.89 Å². The van der Waals surface area contributed by atoms with Gasteiger partial charge in [-0.25, -0.2) is 15.0 Å². The molecule has 0 spiro atoms. The van der Waals surface area contributed by atoms with Gasteiger partial charge in [0.25, 0.3) is 0 Å². The molecular formula is C23H26N4O. The van der Waals surface area contributed by atoms with E-state index in [0.29, 0.717) is 23.4 Å². The van der Waals surface area contributed by atoms with E-state index in [1.165, 1.54) is 16.8 Å². The number of aromatic nitrogens is 4. The average Bonchev–Trinajstić information content (AvgIpc) is 3.21. The van der Waals surface area contributed by atoms with Crippen molar-refractivity contribution in [3.63, 3.8) is 0 Å². The predicted octanol–water partition coefficient (Wildman–Crippen LogP) is 5.94. The van der Waals surface area contributed by atoms with E-state index in [1.807, 2.05) is 25.4 Å². The van der Waals surface area contributed by atoms with Crippen molar-refractivity contribution < 1.29 is 4.42 Å². The number of fused-ring (bicyclic) bond motifs is 1. The molecule has 5 nitrogen and oxygen atoms in total. The summed E-state index contributed by atoms with van der Waals surface area (Å²) in [6.07, 6.45) is 3.74. The monoisotopic (exact) mass is 374 g/mol. The summed E-state index contributed by atoms with van der Waals surface area (Å²) in [6, 6.07) is 8.60. The smallest absolute Gasteiger partial charge is 0.246 e. The van der Waals surface area contributed by atoms with E-state index in [0.717, 1.165) is 22.6 Å². The number of hydrogen-bond donors (Lipinski definition) is 0. The maximum absolute atomic E-state index is 5.53. The van der Waals surface area contributed by atoms with Gasteiger partial charge in [-0.3, -0.25) is 4.57 Å². The second-order valence-electron chi connectivity index (χ2n) is 7.93. The Morgan fingerprint density at radius 2 is 1.61 bits per heavy atom. The summed E-state index contributed by atoms with van der Waals surface area (Å²) in [6.45, 7) is 12.9. The van der Waals surface area contributed by atoms with Gasteiger partial charge in [0.1, 0.15) is 11.3 Å². The van der Waals surface area contributed by atoms with Crippen molar-refractivity contribution in [2.75, 3.05) is 0 Å². The molecule has 144 valence electrons. The number of imidazole rings is 1. The molecule has 0 N–H and O–H groups in total. The van der Waals surface area contributed by atoms with Crippen molar-refractivity contribution in [2.45, 2.75) is 53.4 Å². The summed E-state index contributed by atoms with van der Waals surface area (Å²) >= 11 is 0. The first-order chi connectivity index (χ1) is 13.4. The van der Waals surface area contributed by atoms with Crippen LogP contribution in [0.15, 0.2) is 41.1 Å². The third-order valence-corrected chi connectivity index (χ3v) is 5.12. The van der Waals surface area contributed by atoms with Gasteiger partial charge in [-0.05, 0) is 36.0 Å². The first-order valence-electron chi connectivity index (χ1n) is 9.78. The molecule has 0 saturated carbocycles. The number of pyridine rings is 1. The minimum absolute atomic E-state index is 0.405. The Morgan fingerprint density at radius 3 is 2.25 bits per heavy atom. The Hall–Kier alpha value is -2.95. The maximum Gasteiger partial charge on any atom is 0.246 e. The lowest BCUT2D eigenvalue weighted by molar-refractivity contribution is 0.551. The van der Waals surface area contributed by atoms with Gasteiger partial charge >= 0.3 is 0 Å². The molecule has 0 bridgehead atoms. The van der Waals surface area contributed by atoms with Crippen LogP contribution in [0.25, 0.3) is 28.3 Å². The number of rotatable bonds is 4. The van der Waals surface area contributed by atoms with Crippen molar-refractivity contribution in [3.05, 3.63) is 59.4 Å². The molecule has 0 atom stereocenters. The van der Waals surface area contributed by atoms with Crippen molar-refractivity contribution in [1.29, 1.82) is 0 Å². The molecule has 28 heavy (non-hydrogen) atoms. The van der Waals surface area contributed by atoms with Crippen molar-refractivity contribution in [3.8, 4) is 17.1 Å². The van der Waals surface area contributed by atoms with Crippen molar-refractivity contribution >= 4 is 11.2 Å². The highest BCUT2D eigenvalue weighted by molar-refractivity contribution is 5.75.